The predicted octanol–water partition coefficient (Wildman–Crippen LogP) is 5.19. The van der Waals surface area contributed by atoms with Gasteiger partial charge in [-0.3, -0.25) is 9.69 Å². The summed E-state index contributed by atoms with van der Waals surface area (Å²) in [4.78, 5) is 16.7. The van der Waals surface area contributed by atoms with Crippen molar-refractivity contribution < 1.29 is 14.6 Å². The molecule has 4 rings (SSSR count). The first-order chi connectivity index (χ1) is 15.0. The summed E-state index contributed by atoms with van der Waals surface area (Å²) < 4.78 is 6.12. The summed E-state index contributed by atoms with van der Waals surface area (Å²) in [5, 5.41) is 10.7. The maximum atomic E-state index is 11.7. The minimum absolute atomic E-state index is 0.167. The summed E-state index contributed by atoms with van der Waals surface area (Å²) in [5.74, 6) is 0.746. The molecule has 2 atom stereocenters. The van der Waals surface area contributed by atoms with Gasteiger partial charge >= 0.3 is 5.97 Å². The fourth-order valence-electron chi connectivity index (χ4n) is 5.62. The number of nitrogens with zero attached hydrogens (tertiary/aromatic N) is 2. The number of ether oxygens (including phenoxy) is 1. The lowest BCUT2D eigenvalue weighted by Gasteiger charge is -2.43. The van der Waals surface area contributed by atoms with E-state index in [-0.39, 0.29) is 18.1 Å². The molecule has 0 radical (unpaired) electrons. The van der Waals surface area contributed by atoms with Gasteiger partial charge in [-0.2, -0.15) is 0 Å². The Hall–Kier alpha value is -1.01. The van der Waals surface area contributed by atoms with Crippen LogP contribution in [-0.2, 0) is 4.79 Å². The van der Waals surface area contributed by atoms with E-state index in [1.165, 1.54) is 19.3 Å². The third-order valence-corrected chi connectivity index (χ3v) is 8.15. The van der Waals surface area contributed by atoms with Crippen molar-refractivity contribution in [2.45, 2.75) is 63.5 Å². The molecule has 5 nitrogen and oxygen atoms in total. The summed E-state index contributed by atoms with van der Waals surface area (Å²) >= 11 is 12.1. The molecular formula is C24H34Cl2N2O3. The van der Waals surface area contributed by atoms with Crippen LogP contribution in [0.5, 0.6) is 5.75 Å². The molecule has 172 valence electrons. The molecule has 31 heavy (non-hydrogen) atoms. The van der Waals surface area contributed by atoms with E-state index in [1.807, 2.05) is 6.07 Å². The first-order valence-electron chi connectivity index (χ1n) is 11.8. The molecule has 0 bridgehead atoms. The molecule has 3 aliphatic rings. The van der Waals surface area contributed by atoms with Crippen LogP contribution in [0.3, 0.4) is 0 Å². The number of hydrogen-bond donors (Lipinski definition) is 1. The molecule has 0 spiro atoms. The van der Waals surface area contributed by atoms with Gasteiger partial charge in [-0.15, -0.1) is 0 Å². The van der Waals surface area contributed by atoms with Crippen molar-refractivity contribution in [3.05, 3.63) is 28.2 Å². The van der Waals surface area contributed by atoms with Crippen LogP contribution in [-0.4, -0.2) is 65.7 Å². The topological polar surface area (TPSA) is 53.0 Å². The average molecular weight is 469 g/mol. The van der Waals surface area contributed by atoms with Gasteiger partial charge in [0.15, 0.2) is 0 Å². The summed E-state index contributed by atoms with van der Waals surface area (Å²) in [7, 11) is 0. The summed E-state index contributed by atoms with van der Waals surface area (Å²) in [6.45, 7) is 5.39. The first-order valence-corrected chi connectivity index (χ1v) is 12.6. The third-order valence-electron chi connectivity index (χ3n) is 7.41. The van der Waals surface area contributed by atoms with Gasteiger partial charge in [0.1, 0.15) is 11.9 Å². The summed E-state index contributed by atoms with van der Waals surface area (Å²) in [6, 6.07) is 5.72. The minimum Gasteiger partial charge on any atom is -0.490 e. The van der Waals surface area contributed by atoms with Gasteiger partial charge in [0.05, 0.1) is 16.0 Å². The zero-order valence-corrected chi connectivity index (χ0v) is 19.7. The molecule has 0 unspecified atom stereocenters. The molecular weight excluding hydrogens is 435 g/mol. The normalized spacial score (nSPS) is 27.3. The monoisotopic (exact) mass is 468 g/mol. The van der Waals surface area contributed by atoms with Crippen LogP contribution in [0.25, 0.3) is 0 Å². The van der Waals surface area contributed by atoms with Gasteiger partial charge in [-0.1, -0.05) is 36.0 Å². The van der Waals surface area contributed by atoms with E-state index in [0.717, 1.165) is 76.5 Å². The number of aliphatic carboxylic acids is 1. The highest BCUT2D eigenvalue weighted by Crippen LogP contribution is 2.32. The van der Waals surface area contributed by atoms with Crippen LogP contribution in [0.15, 0.2) is 18.2 Å². The highest BCUT2D eigenvalue weighted by molar-refractivity contribution is 6.42. The lowest BCUT2D eigenvalue weighted by atomic mass is 9.82. The molecule has 2 aliphatic heterocycles. The fourth-order valence-corrected chi connectivity index (χ4v) is 5.91. The molecule has 1 aromatic carbocycles. The Morgan fingerprint density at radius 2 is 1.68 bits per heavy atom. The van der Waals surface area contributed by atoms with Crippen molar-refractivity contribution in [3.63, 3.8) is 0 Å². The Labute approximate surface area is 195 Å². The maximum Gasteiger partial charge on any atom is 0.308 e. The number of benzene rings is 1. The van der Waals surface area contributed by atoms with Crippen LogP contribution in [0.4, 0.5) is 0 Å². The molecule has 3 fully saturated rings. The van der Waals surface area contributed by atoms with Gasteiger partial charge in [-0.25, -0.2) is 0 Å². The second-order valence-corrected chi connectivity index (χ2v) is 10.3. The van der Waals surface area contributed by atoms with E-state index in [9.17, 15) is 9.90 Å². The van der Waals surface area contributed by atoms with Gasteiger partial charge in [0, 0.05) is 31.7 Å². The van der Waals surface area contributed by atoms with Crippen molar-refractivity contribution in [2.75, 3.05) is 32.7 Å². The van der Waals surface area contributed by atoms with Crippen molar-refractivity contribution in [2.24, 2.45) is 11.8 Å². The number of piperidine rings is 2. The molecule has 1 aromatic rings. The van der Waals surface area contributed by atoms with Crippen LogP contribution in [0.2, 0.25) is 10.0 Å². The number of rotatable bonds is 6. The average Bonchev–Trinajstić information content (AvgIpc) is 2.78. The van der Waals surface area contributed by atoms with E-state index in [2.05, 4.69) is 9.80 Å². The van der Waals surface area contributed by atoms with Crippen molar-refractivity contribution in [1.29, 1.82) is 0 Å². The minimum atomic E-state index is -0.599. The Bertz CT molecular complexity index is 746. The Morgan fingerprint density at radius 1 is 0.968 bits per heavy atom. The number of likely N-dealkylation sites (tertiary alicyclic amines) is 2. The Morgan fingerprint density at radius 3 is 2.35 bits per heavy atom. The molecule has 0 amide bonds. The van der Waals surface area contributed by atoms with Gasteiger partial charge in [0.2, 0.25) is 0 Å². The van der Waals surface area contributed by atoms with Crippen molar-refractivity contribution in [1.82, 2.24) is 9.80 Å². The Kier molecular flexibility index (Phi) is 8.02. The number of carboxylic acids is 1. The molecule has 1 aliphatic carbocycles. The van der Waals surface area contributed by atoms with Gasteiger partial charge < -0.3 is 14.7 Å². The van der Waals surface area contributed by atoms with Crippen molar-refractivity contribution in [3.8, 4) is 5.75 Å². The highest BCUT2D eigenvalue weighted by Gasteiger charge is 2.36. The number of carboxylic acid groups (broad SMARTS) is 1. The van der Waals surface area contributed by atoms with Crippen LogP contribution < -0.4 is 4.74 Å². The van der Waals surface area contributed by atoms with E-state index < -0.39 is 5.97 Å². The lowest BCUT2D eigenvalue weighted by molar-refractivity contribution is -0.146. The molecule has 2 saturated heterocycles. The predicted molar refractivity (Wildman–Crippen MR) is 124 cm³/mol. The first kappa shape index (κ1) is 23.2. The number of carbonyl (C=O) groups is 1. The molecule has 2 heterocycles. The fraction of sp³-hybridized carbons (Fsp3) is 0.708. The SMILES string of the molecule is O=C(O)[C@H]1CCCC[C@@H]1N1CCC(CN2CCC(Oc3ccc(Cl)c(Cl)c3)CC2)CC1. The summed E-state index contributed by atoms with van der Waals surface area (Å²) in [6.07, 6.45) is 8.79. The number of hydrogen-bond acceptors (Lipinski definition) is 4. The Balaban J connectivity index is 1.19. The van der Waals surface area contributed by atoms with E-state index in [0.29, 0.717) is 10.0 Å². The highest BCUT2D eigenvalue weighted by atomic mass is 35.5. The van der Waals surface area contributed by atoms with Crippen molar-refractivity contribution >= 4 is 29.2 Å². The zero-order chi connectivity index (χ0) is 21.8. The van der Waals surface area contributed by atoms with Crippen LogP contribution in [0.1, 0.15) is 51.4 Å². The number of halogens is 2. The zero-order valence-electron chi connectivity index (χ0n) is 18.1. The van der Waals surface area contributed by atoms with E-state index in [1.54, 1.807) is 12.1 Å². The second-order valence-electron chi connectivity index (χ2n) is 9.47. The largest absolute Gasteiger partial charge is 0.490 e. The van der Waals surface area contributed by atoms with Crippen LogP contribution >= 0.6 is 23.2 Å². The molecule has 0 aromatic heterocycles. The lowest BCUT2D eigenvalue weighted by Crippen LogP contribution is -2.50. The molecule has 1 saturated carbocycles. The van der Waals surface area contributed by atoms with Crippen LogP contribution in [0, 0.1) is 11.8 Å². The smallest absolute Gasteiger partial charge is 0.308 e. The second kappa shape index (κ2) is 10.7. The van der Waals surface area contributed by atoms with Gasteiger partial charge in [-0.05, 0) is 69.7 Å². The summed E-state index contributed by atoms with van der Waals surface area (Å²) in [5.41, 5.74) is 0. The quantitative estimate of drug-likeness (QED) is 0.622. The molecule has 1 N–H and O–H groups in total. The standard InChI is InChI=1S/C24H34Cl2N2O3/c25-21-6-5-19(15-22(21)26)31-18-9-11-27(12-10-18)16-17-7-13-28(14-8-17)23-4-2-1-3-20(23)24(29)30/h5-6,15,17-18,20,23H,1-4,7-14,16H2,(H,29,30)/t20-,23-/m0/s1. The van der Waals surface area contributed by atoms with Gasteiger partial charge in [0.25, 0.3) is 0 Å². The molecule has 7 heteroatoms. The van der Waals surface area contributed by atoms with E-state index in [4.69, 9.17) is 27.9 Å². The van der Waals surface area contributed by atoms with E-state index >= 15 is 0 Å². The maximum absolute atomic E-state index is 11.7. The third kappa shape index (κ3) is 6.07.